The summed E-state index contributed by atoms with van der Waals surface area (Å²) in [5.74, 6) is 0.696. The number of allylic oxidation sites excluding steroid dienone is 2. The fraction of sp³-hybridized carbons (Fsp3) is 0.640. The fourth-order valence-electron chi connectivity index (χ4n) is 5.15. The van der Waals surface area contributed by atoms with Crippen LogP contribution in [-0.2, 0) is 0 Å². The van der Waals surface area contributed by atoms with Crippen molar-refractivity contribution in [1.82, 2.24) is 20.1 Å². The number of anilines is 1. The van der Waals surface area contributed by atoms with E-state index in [9.17, 15) is 0 Å². The molecule has 7 heteroatoms. The summed E-state index contributed by atoms with van der Waals surface area (Å²) < 4.78 is 15.4. The summed E-state index contributed by atoms with van der Waals surface area (Å²) in [6.45, 7) is 8.63. The van der Waals surface area contributed by atoms with E-state index in [1.807, 2.05) is 32.3 Å². The lowest BCUT2D eigenvalue weighted by Gasteiger charge is -2.46. The molecular formula is C25H41FN6. The van der Waals surface area contributed by atoms with E-state index >= 15 is 4.39 Å². The molecule has 0 amide bonds. The minimum absolute atomic E-state index is 0.0354. The van der Waals surface area contributed by atoms with Gasteiger partial charge in [-0.15, -0.1) is 0 Å². The molecule has 1 aromatic rings. The standard InChI is InChI=1S/C25H41FN6/c1-6-25(2,3)23(27)17-10-9-15-32(16-17)20-13-7-12-19(26)22(31(20)5)21(29-4)18-11-8-14-30-24(18)28/h7-8,11,13-14,17,20-21,23,29H,6,9-10,12,15-16,27H2,1-5H3,(H2,28,30). The zero-order valence-electron chi connectivity index (χ0n) is 20.3. The Bertz CT molecular complexity index is 835. The van der Waals surface area contributed by atoms with Gasteiger partial charge in [-0.25, -0.2) is 9.37 Å². The van der Waals surface area contributed by atoms with Crippen molar-refractivity contribution in [1.29, 1.82) is 0 Å². The van der Waals surface area contributed by atoms with E-state index in [0.29, 0.717) is 17.4 Å². The van der Waals surface area contributed by atoms with Crippen LogP contribution in [-0.4, -0.2) is 54.2 Å². The third kappa shape index (κ3) is 5.00. The number of likely N-dealkylation sites (N-methyl/N-ethyl adjacent to an activating group) is 2. The molecule has 6 nitrogen and oxygen atoms in total. The number of piperidine rings is 1. The summed E-state index contributed by atoms with van der Waals surface area (Å²) in [6, 6.07) is 3.51. The van der Waals surface area contributed by atoms with Crippen molar-refractivity contribution in [3.8, 4) is 0 Å². The monoisotopic (exact) mass is 444 g/mol. The summed E-state index contributed by atoms with van der Waals surface area (Å²) in [5, 5.41) is 3.27. The van der Waals surface area contributed by atoms with Crippen molar-refractivity contribution in [2.45, 2.75) is 64.7 Å². The van der Waals surface area contributed by atoms with Crippen LogP contribution in [0.5, 0.6) is 0 Å². The Kier molecular flexibility index (Phi) is 7.96. The van der Waals surface area contributed by atoms with Crippen LogP contribution < -0.4 is 16.8 Å². The highest BCUT2D eigenvalue weighted by atomic mass is 19.1. The number of aromatic nitrogens is 1. The number of halogens is 1. The maximum Gasteiger partial charge on any atom is 0.128 e. The number of nitrogens with zero attached hydrogens (tertiary/aromatic N) is 3. The van der Waals surface area contributed by atoms with Gasteiger partial charge in [0.25, 0.3) is 0 Å². The van der Waals surface area contributed by atoms with E-state index < -0.39 is 0 Å². The zero-order valence-corrected chi connectivity index (χ0v) is 20.3. The van der Waals surface area contributed by atoms with Gasteiger partial charge < -0.3 is 21.7 Å². The van der Waals surface area contributed by atoms with Gasteiger partial charge in [-0.05, 0) is 43.7 Å². The summed E-state index contributed by atoms with van der Waals surface area (Å²) in [7, 11) is 3.81. The van der Waals surface area contributed by atoms with Gasteiger partial charge in [-0.2, -0.15) is 0 Å². The molecule has 0 aliphatic carbocycles. The first kappa shape index (κ1) is 24.7. The number of nitrogen functional groups attached to an aromatic ring is 1. The normalized spacial score (nSPS) is 25.0. The summed E-state index contributed by atoms with van der Waals surface area (Å²) in [4.78, 5) is 8.73. The van der Waals surface area contributed by atoms with Crippen LogP contribution in [0, 0.1) is 11.3 Å². The maximum absolute atomic E-state index is 15.4. The molecule has 0 bridgehead atoms. The van der Waals surface area contributed by atoms with Crippen molar-refractivity contribution in [2.24, 2.45) is 17.1 Å². The van der Waals surface area contributed by atoms with Crippen LogP contribution >= 0.6 is 0 Å². The van der Waals surface area contributed by atoms with E-state index in [-0.39, 0.29) is 35.9 Å². The molecule has 2 aliphatic heterocycles. The number of nitrogens with two attached hydrogens (primary N) is 2. The van der Waals surface area contributed by atoms with Gasteiger partial charge in [0.15, 0.2) is 0 Å². The van der Waals surface area contributed by atoms with Crippen molar-refractivity contribution in [3.63, 3.8) is 0 Å². The molecule has 32 heavy (non-hydrogen) atoms. The van der Waals surface area contributed by atoms with Gasteiger partial charge in [-0.3, -0.25) is 4.90 Å². The van der Waals surface area contributed by atoms with Crippen molar-refractivity contribution < 1.29 is 4.39 Å². The fourth-order valence-corrected chi connectivity index (χ4v) is 5.15. The van der Waals surface area contributed by atoms with Crippen molar-refractivity contribution in [3.05, 3.63) is 47.6 Å². The van der Waals surface area contributed by atoms with Crippen molar-refractivity contribution >= 4 is 5.82 Å². The van der Waals surface area contributed by atoms with E-state index in [1.54, 1.807) is 6.20 Å². The van der Waals surface area contributed by atoms with Gasteiger partial charge in [0, 0.05) is 44.4 Å². The second kappa shape index (κ2) is 10.3. The highest BCUT2D eigenvalue weighted by Crippen LogP contribution is 2.37. The van der Waals surface area contributed by atoms with Gasteiger partial charge in [-0.1, -0.05) is 39.0 Å². The summed E-state index contributed by atoms with van der Waals surface area (Å²) in [6.07, 6.45) is 9.27. The quantitative estimate of drug-likeness (QED) is 0.555. The van der Waals surface area contributed by atoms with Gasteiger partial charge >= 0.3 is 0 Å². The predicted octanol–water partition coefficient (Wildman–Crippen LogP) is 3.80. The molecule has 5 N–H and O–H groups in total. The number of pyridine rings is 1. The van der Waals surface area contributed by atoms with Crippen LogP contribution in [0.2, 0.25) is 0 Å². The molecule has 4 atom stereocenters. The van der Waals surface area contributed by atoms with Gasteiger partial charge in [0.05, 0.1) is 11.7 Å². The first-order chi connectivity index (χ1) is 15.2. The molecule has 2 aliphatic rings. The lowest BCUT2D eigenvalue weighted by Crippen LogP contribution is -2.55. The van der Waals surface area contributed by atoms with Crippen LogP contribution in [0.3, 0.4) is 0 Å². The lowest BCUT2D eigenvalue weighted by atomic mass is 9.73. The SMILES string of the molecule is CCC(C)(C)C(N)C1CCCN(C2C=CCC(F)=C(C(NC)c3cccnc3N)N2C)C1. The third-order valence-electron chi connectivity index (χ3n) is 7.59. The largest absolute Gasteiger partial charge is 0.383 e. The average Bonchev–Trinajstić information content (AvgIpc) is 2.93. The first-order valence-corrected chi connectivity index (χ1v) is 11.9. The Morgan fingerprint density at radius 3 is 2.78 bits per heavy atom. The van der Waals surface area contributed by atoms with E-state index in [1.165, 1.54) is 0 Å². The van der Waals surface area contributed by atoms with Crippen LogP contribution in [0.25, 0.3) is 0 Å². The molecule has 3 rings (SSSR count). The van der Waals surface area contributed by atoms with Crippen LogP contribution in [0.15, 0.2) is 42.0 Å². The van der Waals surface area contributed by atoms with E-state index in [4.69, 9.17) is 11.5 Å². The molecule has 178 valence electrons. The molecular weight excluding hydrogens is 403 g/mol. The smallest absolute Gasteiger partial charge is 0.128 e. The minimum atomic E-state index is -0.377. The van der Waals surface area contributed by atoms with E-state index in [2.05, 4.69) is 46.9 Å². The lowest BCUT2D eigenvalue weighted by molar-refractivity contribution is 0.0453. The number of hydrogen-bond acceptors (Lipinski definition) is 6. The van der Waals surface area contributed by atoms with Crippen LogP contribution in [0.1, 0.15) is 58.1 Å². The molecule has 1 saturated heterocycles. The Labute approximate surface area is 192 Å². The predicted molar refractivity (Wildman–Crippen MR) is 130 cm³/mol. The number of rotatable bonds is 7. The topological polar surface area (TPSA) is 83.4 Å². The Balaban J connectivity index is 1.88. The molecule has 0 saturated carbocycles. The Hall–Kier alpha value is -1.96. The van der Waals surface area contributed by atoms with E-state index in [0.717, 1.165) is 37.9 Å². The molecule has 3 heterocycles. The summed E-state index contributed by atoms with van der Waals surface area (Å²) in [5.41, 5.74) is 14.4. The number of nitrogens with one attached hydrogen (secondary N) is 1. The molecule has 0 spiro atoms. The average molecular weight is 445 g/mol. The first-order valence-electron chi connectivity index (χ1n) is 11.9. The molecule has 0 radical (unpaired) electrons. The molecule has 1 aromatic heterocycles. The molecule has 4 unspecified atom stereocenters. The highest BCUT2D eigenvalue weighted by molar-refractivity contribution is 5.45. The summed E-state index contributed by atoms with van der Waals surface area (Å²) >= 11 is 0. The van der Waals surface area contributed by atoms with Gasteiger partial charge in [0.1, 0.15) is 17.8 Å². The maximum atomic E-state index is 15.4. The van der Waals surface area contributed by atoms with Crippen LogP contribution in [0.4, 0.5) is 10.2 Å². The number of likely N-dealkylation sites (tertiary alicyclic amines) is 1. The minimum Gasteiger partial charge on any atom is -0.383 e. The second-order valence-corrected chi connectivity index (χ2v) is 9.91. The highest BCUT2D eigenvalue weighted by Gasteiger charge is 2.38. The zero-order chi connectivity index (χ0) is 23.5. The second-order valence-electron chi connectivity index (χ2n) is 9.91. The number of hydrogen-bond donors (Lipinski definition) is 3. The Morgan fingerprint density at radius 2 is 2.12 bits per heavy atom. The third-order valence-corrected chi connectivity index (χ3v) is 7.59. The van der Waals surface area contributed by atoms with Crippen molar-refractivity contribution in [2.75, 3.05) is 32.9 Å². The van der Waals surface area contributed by atoms with Gasteiger partial charge in [0.2, 0.25) is 0 Å². The Morgan fingerprint density at radius 1 is 1.38 bits per heavy atom. The molecule has 1 fully saturated rings. The molecule has 0 aromatic carbocycles.